The Kier molecular flexibility index (Phi) is 5.83. The summed E-state index contributed by atoms with van der Waals surface area (Å²) in [5.41, 5.74) is 5.58. The number of primary sulfonamides is 1. The number of hydrazine groups is 1. The molecule has 4 N–H and O–H groups in total. The molecule has 1 heterocycles. The Bertz CT molecular complexity index is 938. The summed E-state index contributed by atoms with van der Waals surface area (Å²) in [5.74, 6) is -1.15. The van der Waals surface area contributed by atoms with Crippen LogP contribution in [0.4, 0.5) is 0 Å². The van der Waals surface area contributed by atoms with E-state index < -0.39 is 21.8 Å². The second kappa shape index (κ2) is 7.52. The van der Waals surface area contributed by atoms with E-state index in [0.29, 0.717) is 4.88 Å². The lowest BCUT2D eigenvalue weighted by Gasteiger charge is -2.08. The van der Waals surface area contributed by atoms with Crippen LogP contribution in [0.3, 0.4) is 0 Å². The van der Waals surface area contributed by atoms with Gasteiger partial charge in [-0.15, -0.1) is 11.3 Å². The van der Waals surface area contributed by atoms with E-state index >= 15 is 0 Å². The highest BCUT2D eigenvalue weighted by molar-refractivity contribution is 7.89. The van der Waals surface area contributed by atoms with Crippen molar-refractivity contribution in [2.24, 2.45) is 5.14 Å². The maximum Gasteiger partial charge on any atom is 0.279 e. The molecule has 0 aliphatic rings. The fourth-order valence-electron chi connectivity index (χ4n) is 2.09. The van der Waals surface area contributed by atoms with Crippen molar-refractivity contribution in [3.8, 4) is 0 Å². The number of thiophene rings is 1. The van der Waals surface area contributed by atoms with E-state index in [-0.39, 0.29) is 15.5 Å². The topological polar surface area (TPSA) is 118 Å². The second-order valence-corrected chi connectivity index (χ2v) is 8.34. The average molecular weight is 402 g/mol. The first-order valence-electron chi connectivity index (χ1n) is 7.15. The van der Waals surface area contributed by atoms with Crippen LogP contribution in [0.5, 0.6) is 0 Å². The minimum absolute atomic E-state index is 0.00895. The summed E-state index contributed by atoms with van der Waals surface area (Å²) in [6.07, 6.45) is 0.809. The minimum atomic E-state index is -4.07. The van der Waals surface area contributed by atoms with Gasteiger partial charge in [-0.3, -0.25) is 20.4 Å². The van der Waals surface area contributed by atoms with Crippen molar-refractivity contribution in [1.82, 2.24) is 10.9 Å². The van der Waals surface area contributed by atoms with E-state index in [1.165, 1.54) is 23.5 Å². The Balaban J connectivity index is 2.11. The molecular formula is C15H16ClN3O4S2. The molecule has 0 radical (unpaired) electrons. The van der Waals surface area contributed by atoms with Crippen molar-refractivity contribution < 1.29 is 18.0 Å². The molecule has 0 saturated heterocycles. The van der Waals surface area contributed by atoms with Gasteiger partial charge in [0.2, 0.25) is 10.0 Å². The summed E-state index contributed by atoms with van der Waals surface area (Å²) in [6.45, 7) is 3.91. The van der Waals surface area contributed by atoms with Crippen LogP contribution in [-0.4, -0.2) is 20.2 Å². The van der Waals surface area contributed by atoms with E-state index in [1.54, 1.807) is 6.07 Å². The molecule has 0 fully saturated rings. The highest BCUT2D eigenvalue weighted by Crippen LogP contribution is 2.22. The standard InChI is InChI=1S/C15H16ClN3O4S2/c1-3-9-6-12(24-8(9)2)15(21)19-18-14(20)10-4-5-11(16)13(7-10)25(17,22)23/h4-7H,3H2,1-2H3,(H,18,20)(H,19,21)(H2,17,22,23). The number of nitrogens with two attached hydrogens (primary N) is 1. The molecule has 0 atom stereocenters. The lowest BCUT2D eigenvalue weighted by molar-refractivity contribution is 0.0848. The van der Waals surface area contributed by atoms with Gasteiger partial charge in [-0.2, -0.15) is 0 Å². The van der Waals surface area contributed by atoms with Crippen LogP contribution in [0.1, 0.15) is 37.4 Å². The van der Waals surface area contributed by atoms with Gasteiger partial charge < -0.3 is 0 Å². The van der Waals surface area contributed by atoms with Gasteiger partial charge in [0.05, 0.1) is 9.90 Å². The summed E-state index contributed by atoms with van der Waals surface area (Å²) in [6, 6.07) is 5.38. The van der Waals surface area contributed by atoms with Crippen molar-refractivity contribution >= 4 is 44.8 Å². The number of sulfonamides is 1. The molecule has 0 saturated carbocycles. The maximum atomic E-state index is 12.1. The molecule has 7 nitrogen and oxygen atoms in total. The molecule has 0 aliphatic carbocycles. The number of carbonyl (C=O) groups is 2. The van der Waals surface area contributed by atoms with E-state index in [4.69, 9.17) is 16.7 Å². The number of halogens is 1. The average Bonchev–Trinajstić information content (AvgIpc) is 2.92. The Hall–Kier alpha value is -1.94. The number of benzene rings is 1. The van der Waals surface area contributed by atoms with Crippen molar-refractivity contribution in [3.05, 3.63) is 50.2 Å². The number of rotatable bonds is 4. The van der Waals surface area contributed by atoms with Gasteiger partial charge in [-0.25, -0.2) is 13.6 Å². The van der Waals surface area contributed by atoms with Gasteiger partial charge in [0, 0.05) is 10.4 Å². The molecule has 0 aliphatic heterocycles. The third kappa shape index (κ3) is 4.57. The van der Waals surface area contributed by atoms with Gasteiger partial charge >= 0.3 is 0 Å². The fraction of sp³-hybridized carbons (Fsp3) is 0.200. The summed E-state index contributed by atoms with van der Waals surface area (Å²) in [7, 11) is -4.07. The van der Waals surface area contributed by atoms with Crippen LogP contribution >= 0.6 is 22.9 Å². The first kappa shape index (κ1) is 19.4. The molecule has 2 aromatic rings. The lowest BCUT2D eigenvalue weighted by atomic mass is 10.2. The van der Waals surface area contributed by atoms with Crippen molar-refractivity contribution in [2.45, 2.75) is 25.2 Å². The fourth-order valence-corrected chi connectivity index (χ4v) is 4.17. The van der Waals surface area contributed by atoms with Crippen LogP contribution in [0.2, 0.25) is 5.02 Å². The molecule has 1 aromatic carbocycles. The van der Waals surface area contributed by atoms with E-state index in [1.807, 2.05) is 13.8 Å². The molecule has 0 unspecified atom stereocenters. The van der Waals surface area contributed by atoms with Crippen molar-refractivity contribution in [2.75, 3.05) is 0 Å². The lowest BCUT2D eigenvalue weighted by Crippen LogP contribution is -2.41. The zero-order valence-electron chi connectivity index (χ0n) is 13.4. The number of hydrogen-bond donors (Lipinski definition) is 3. The Morgan fingerprint density at radius 3 is 2.40 bits per heavy atom. The Morgan fingerprint density at radius 1 is 1.20 bits per heavy atom. The molecule has 0 spiro atoms. The van der Waals surface area contributed by atoms with Crippen LogP contribution in [0.25, 0.3) is 0 Å². The third-order valence-corrected chi connectivity index (χ3v) is 5.90. The summed E-state index contributed by atoms with van der Waals surface area (Å²) < 4.78 is 22.9. The quantitative estimate of drug-likeness (QED) is 0.679. The van der Waals surface area contributed by atoms with Gasteiger partial charge in [-0.05, 0) is 43.2 Å². The Labute approximate surface area is 154 Å². The van der Waals surface area contributed by atoms with Gasteiger partial charge in [0.1, 0.15) is 4.90 Å². The number of hydrogen-bond acceptors (Lipinski definition) is 5. The second-order valence-electron chi connectivity index (χ2n) is 5.14. The highest BCUT2D eigenvalue weighted by atomic mass is 35.5. The largest absolute Gasteiger partial charge is 0.279 e. The summed E-state index contributed by atoms with van der Waals surface area (Å²) in [4.78, 5) is 25.3. The minimum Gasteiger partial charge on any atom is -0.267 e. The predicted molar refractivity (Wildman–Crippen MR) is 96.2 cm³/mol. The first-order valence-corrected chi connectivity index (χ1v) is 9.90. The predicted octanol–water partition coefficient (Wildman–Crippen LogP) is 1.99. The van der Waals surface area contributed by atoms with Crippen LogP contribution in [0.15, 0.2) is 29.2 Å². The SMILES string of the molecule is CCc1cc(C(=O)NNC(=O)c2ccc(Cl)c(S(N)(=O)=O)c2)sc1C. The molecule has 25 heavy (non-hydrogen) atoms. The van der Waals surface area contributed by atoms with Crippen molar-refractivity contribution in [3.63, 3.8) is 0 Å². The van der Waals surface area contributed by atoms with Crippen LogP contribution < -0.4 is 16.0 Å². The van der Waals surface area contributed by atoms with Gasteiger partial charge in [0.15, 0.2) is 0 Å². The smallest absolute Gasteiger partial charge is 0.267 e. The number of amides is 2. The number of carbonyl (C=O) groups excluding carboxylic acids is 2. The van der Waals surface area contributed by atoms with E-state index in [2.05, 4.69) is 10.9 Å². The summed E-state index contributed by atoms with van der Waals surface area (Å²) >= 11 is 7.09. The van der Waals surface area contributed by atoms with Crippen molar-refractivity contribution in [1.29, 1.82) is 0 Å². The Morgan fingerprint density at radius 2 is 1.84 bits per heavy atom. The molecule has 10 heteroatoms. The number of aryl methyl sites for hydroxylation is 2. The molecular weight excluding hydrogens is 386 g/mol. The molecule has 2 rings (SSSR count). The molecule has 0 bridgehead atoms. The molecule has 134 valence electrons. The number of nitrogens with one attached hydrogen (secondary N) is 2. The molecule has 2 amide bonds. The molecule has 1 aromatic heterocycles. The normalized spacial score (nSPS) is 11.2. The first-order chi connectivity index (χ1) is 11.6. The zero-order chi connectivity index (χ0) is 18.8. The van der Waals surface area contributed by atoms with E-state index in [9.17, 15) is 18.0 Å². The zero-order valence-corrected chi connectivity index (χ0v) is 15.8. The third-order valence-electron chi connectivity index (χ3n) is 3.41. The van der Waals surface area contributed by atoms with Gasteiger partial charge in [-0.1, -0.05) is 18.5 Å². The van der Waals surface area contributed by atoms with Crippen LogP contribution in [-0.2, 0) is 16.4 Å². The summed E-state index contributed by atoms with van der Waals surface area (Å²) in [5, 5.41) is 4.95. The van der Waals surface area contributed by atoms with Crippen LogP contribution in [0, 0.1) is 6.92 Å². The maximum absolute atomic E-state index is 12.1. The van der Waals surface area contributed by atoms with E-state index in [0.717, 1.165) is 22.9 Å². The van der Waals surface area contributed by atoms with Gasteiger partial charge in [0.25, 0.3) is 11.8 Å². The monoisotopic (exact) mass is 401 g/mol. The highest BCUT2D eigenvalue weighted by Gasteiger charge is 2.17.